The average Bonchev–Trinajstić information content (AvgIpc) is 2.54. The van der Waals surface area contributed by atoms with Crippen molar-refractivity contribution in [1.29, 1.82) is 0 Å². The summed E-state index contributed by atoms with van der Waals surface area (Å²) < 4.78 is 0. The van der Waals surface area contributed by atoms with Gasteiger partial charge >= 0.3 is 5.97 Å². The van der Waals surface area contributed by atoms with Crippen molar-refractivity contribution < 1.29 is 19.5 Å². The van der Waals surface area contributed by atoms with Crippen molar-refractivity contribution in [3.05, 3.63) is 78.8 Å². The molecule has 9 nitrogen and oxygen atoms in total. The quantitative estimate of drug-likeness (QED) is 0.352. The highest BCUT2D eigenvalue weighted by Gasteiger charge is 2.16. The second-order valence-corrected chi connectivity index (χ2v) is 4.79. The number of hydrogen-bond acceptors (Lipinski definition) is 7. The summed E-state index contributed by atoms with van der Waals surface area (Å²) in [6, 6.07) is 8.80. The van der Waals surface area contributed by atoms with Crippen LogP contribution < -0.4 is 0 Å². The number of halogens is 1. The standard InChI is InChI=1S/C14H8ClN3O6/c15-13-7-11(18(22)23)4-5-12(13)14(19)24-16-8-9-2-1-3-10(6-9)17(20)21/h1-8H/b16-8-. The summed E-state index contributed by atoms with van der Waals surface area (Å²) in [5, 5.41) is 24.5. The number of non-ortho nitro benzene ring substituents is 2. The van der Waals surface area contributed by atoms with Crippen LogP contribution in [0.25, 0.3) is 0 Å². The molecule has 0 saturated heterocycles. The second kappa shape index (κ2) is 7.29. The maximum Gasteiger partial charge on any atom is 0.367 e. The first-order valence-corrected chi connectivity index (χ1v) is 6.69. The molecule has 0 aromatic heterocycles. The highest BCUT2D eigenvalue weighted by Crippen LogP contribution is 2.23. The highest BCUT2D eigenvalue weighted by molar-refractivity contribution is 6.33. The molecule has 0 aliphatic rings. The van der Waals surface area contributed by atoms with Gasteiger partial charge in [-0.2, -0.15) is 0 Å². The number of oxime groups is 1. The van der Waals surface area contributed by atoms with E-state index in [0.29, 0.717) is 5.56 Å². The lowest BCUT2D eigenvalue weighted by molar-refractivity contribution is -0.385. The van der Waals surface area contributed by atoms with E-state index in [-0.39, 0.29) is 22.0 Å². The van der Waals surface area contributed by atoms with E-state index in [1.165, 1.54) is 24.3 Å². The van der Waals surface area contributed by atoms with Gasteiger partial charge < -0.3 is 4.84 Å². The lowest BCUT2D eigenvalue weighted by Gasteiger charge is -2.01. The van der Waals surface area contributed by atoms with Crippen LogP contribution in [-0.2, 0) is 4.84 Å². The molecular weight excluding hydrogens is 342 g/mol. The van der Waals surface area contributed by atoms with Crippen molar-refractivity contribution >= 4 is 35.2 Å². The van der Waals surface area contributed by atoms with Gasteiger partial charge in [0.25, 0.3) is 11.4 Å². The van der Waals surface area contributed by atoms with Crippen LogP contribution in [0.2, 0.25) is 5.02 Å². The van der Waals surface area contributed by atoms with Crippen LogP contribution >= 0.6 is 11.6 Å². The predicted octanol–water partition coefficient (Wildman–Crippen LogP) is 3.35. The number of nitrogens with zero attached hydrogens (tertiary/aromatic N) is 3. The Balaban J connectivity index is 2.09. The van der Waals surface area contributed by atoms with Crippen molar-refractivity contribution in [2.45, 2.75) is 0 Å². The van der Waals surface area contributed by atoms with Gasteiger partial charge in [-0.3, -0.25) is 20.2 Å². The molecule has 0 saturated carbocycles. The molecule has 0 aliphatic carbocycles. The van der Waals surface area contributed by atoms with Gasteiger partial charge in [0.1, 0.15) is 0 Å². The first-order valence-electron chi connectivity index (χ1n) is 6.31. The van der Waals surface area contributed by atoms with Gasteiger partial charge in [0.2, 0.25) is 0 Å². The zero-order chi connectivity index (χ0) is 17.7. The molecular formula is C14H8ClN3O6. The van der Waals surface area contributed by atoms with Crippen LogP contribution in [-0.4, -0.2) is 22.0 Å². The molecule has 2 aromatic rings. The van der Waals surface area contributed by atoms with Crippen LogP contribution in [0.15, 0.2) is 47.6 Å². The first-order chi connectivity index (χ1) is 11.4. The summed E-state index contributed by atoms with van der Waals surface area (Å²) >= 11 is 5.79. The number of benzene rings is 2. The van der Waals surface area contributed by atoms with Gasteiger partial charge in [-0.25, -0.2) is 4.79 Å². The van der Waals surface area contributed by atoms with Gasteiger partial charge in [0.05, 0.1) is 26.6 Å². The monoisotopic (exact) mass is 349 g/mol. The number of hydrogen-bond donors (Lipinski definition) is 0. The summed E-state index contributed by atoms with van der Waals surface area (Å²) in [6.07, 6.45) is 1.12. The Morgan fingerprint density at radius 2 is 1.75 bits per heavy atom. The minimum absolute atomic E-state index is 0.0986. The van der Waals surface area contributed by atoms with Crippen molar-refractivity contribution in [1.82, 2.24) is 0 Å². The molecule has 0 aliphatic heterocycles. The molecule has 10 heteroatoms. The molecule has 122 valence electrons. The van der Waals surface area contributed by atoms with Crippen LogP contribution in [0.4, 0.5) is 11.4 Å². The predicted molar refractivity (Wildman–Crippen MR) is 84.2 cm³/mol. The topological polar surface area (TPSA) is 125 Å². The molecule has 2 aromatic carbocycles. The van der Waals surface area contributed by atoms with E-state index >= 15 is 0 Å². The smallest absolute Gasteiger partial charge is 0.313 e. The first kappa shape index (κ1) is 17.0. The minimum Gasteiger partial charge on any atom is -0.313 e. The van der Waals surface area contributed by atoms with E-state index in [9.17, 15) is 25.0 Å². The van der Waals surface area contributed by atoms with Gasteiger partial charge in [0.15, 0.2) is 0 Å². The lowest BCUT2D eigenvalue weighted by Crippen LogP contribution is -2.02. The summed E-state index contributed by atoms with van der Waals surface area (Å²) in [4.78, 5) is 36.5. The summed E-state index contributed by atoms with van der Waals surface area (Å²) in [5.41, 5.74) is -0.148. The fourth-order valence-corrected chi connectivity index (χ4v) is 1.94. The highest BCUT2D eigenvalue weighted by atomic mass is 35.5. The Kier molecular flexibility index (Phi) is 5.17. The second-order valence-electron chi connectivity index (χ2n) is 4.39. The summed E-state index contributed by atoms with van der Waals surface area (Å²) in [7, 11) is 0. The van der Waals surface area contributed by atoms with E-state index in [0.717, 1.165) is 24.4 Å². The minimum atomic E-state index is -0.920. The van der Waals surface area contributed by atoms with E-state index in [1.54, 1.807) is 0 Å². The Labute approximate surface area is 139 Å². The van der Waals surface area contributed by atoms with Crippen LogP contribution in [0.1, 0.15) is 15.9 Å². The number of carbonyl (C=O) groups excluding carboxylic acids is 1. The van der Waals surface area contributed by atoms with Crippen LogP contribution in [0.5, 0.6) is 0 Å². The number of nitro benzene ring substituents is 2. The van der Waals surface area contributed by atoms with Gasteiger partial charge in [-0.15, -0.1) is 0 Å². The fraction of sp³-hybridized carbons (Fsp3) is 0. The molecule has 2 rings (SSSR count). The van der Waals surface area contributed by atoms with Crippen molar-refractivity contribution in [2.75, 3.05) is 0 Å². The van der Waals surface area contributed by atoms with Gasteiger partial charge in [0, 0.05) is 29.8 Å². The largest absolute Gasteiger partial charge is 0.367 e. The molecule has 24 heavy (non-hydrogen) atoms. The van der Waals surface area contributed by atoms with Crippen molar-refractivity contribution in [3.8, 4) is 0 Å². The summed E-state index contributed by atoms with van der Waals surface area (Å²) in [6.45, 7) is 0. The molecule has 0 unspecified atom stereocenters. The zero-order valence-electron chi connectivity index (χ0n) is 11.8. The van der Waals surface area contributed by atoms with E-state index < -0.39 is 15.8 Å². The SMILES string of the molecule is O=C(O/N=C\c1cccc([N+](=O)[O-])c1)c1ccc([N+](=O)[O-])cc1Cl. The van der Waals surface area contributed by atoms with Crippen LogP contribution in [0.3, 0.4) is 0 Å². The third-order valence-electron chi connectivity index (χ3n) is 2.80. The Morgan fingerprint density at radius 1 is 1.08 bits per heavy atom. The van der Waals surface area contributed by atoms with Gasteiger partial charge in [-0.1, -0.05) is 28.9 Å². The number of nitro groups is 2. The maximum absolute atomic E-state index is 11.8. The molecule has 0 radical (unpaired) electrons. The van der Waals surface area contributed by atoms with Gasteiger partial charge in [-0.05, 0) is 6.07 Å². The maximum atomic E-state index is 11.8. The molecule has 0 spiro atoms. The molecule has 0 fully saturated rings. The molecule has 0 atom stereocenters. The van der Waals surface area contributed by atoms with E-state index in [1.807, 2.05) is 0 Å². The fourth-order valence-electron chi connectivity index (χ4n) is 1.69. The molecule has 0 bridgehead atoms. The average molecular weight is 350 g/mol. The number of rotatable bonds is 5. The molecule has 0 amide bonds. The Morgan fingerprint density at radius 3 is 2.38 bits per heavy atom. The Hall–Kier alpha value is -3.33. The lowest BCUT2D eigenvalue weighted by atomic mass is 10.2. The number of carbonyl (C=O) groups is 1. The van der Waals surface area contributed by atoms with Crippen molar-refractivity contribution in [2.24, 2.45) is 5.16 Å². The molecule has 0 N–H and O–H groups in total. The Bertz CT molecular complexity index is 852. The zero-order valence-corrected chi connectivity index (χ0v) is 12.5. The van der Waals surface area contributed by atoms with Crippen LogP contribution in [0, 0.1) is 20.2 Å². The van der Waals surface area contributed by atoms with E-state index in [4.69, 9.17) is 11.6 Å². The third kappa shape index (κ3) is 4.11. The van der Waals surface area contributed by atoms with E-state index in [2.05, 4.69) is 9.99 Å². The summed E-state index contributed by atoms with van der Waals surface area (Å²) in [5.74, 6) is -0.920. The third-order valence-corrected chi connectivity index (χ3v) is 3.11. The van der Waals surface area contributed by atoms with Crippen molar-refractivity contribution in [3.63, 3.8) is 0 Å². The normalized spacial score (nSPS) is 10.5. The molecule has 0 heterocycles.